The highest BCUT2D eigenvalue weighted by Gasteiger charge is 2.34. The van der Waals surface area contributed by atoms with Gasteiger partial charge in [0.15, 0.2) is 0 Å². The van der Waals surface area contributed by atoms with Crippen molar-refractivity contribution >= 4 is 70.0 Å². The van der Waals surface area contributed by atoms with Gasteiger partial charge >= 0.3 is 0 Å². The number of carbonyl (C=O) groups is 4. The highest BCUT2D eigenvalue weighted by Crippen LogP contribution is 2.26. The summed E-state index contributed by atoms with van der Waals surface area (Å²) in [6, 6.07) is 40.0. The van der Waals surface area contributed by atoms with Gasteiger partial charge in [-0.2, -0.15) is 0 Å². The fourth-order valence-corrected chi connectivity index (χ4v) is 10.4. The minimum Gasteiger partial charge on any atom is -0.350 e. The summed E-state index contributed by atoms with van der Waals surface area (Å²) in [4.78, 5) is 57.0. The molecule has 0 aliphatic carbocycles. The van der Waals surface area contributed by atoms with Gasteiger partial charge in [0, 0.05) is 86.4 Å². The Balaban J connectivity index is 0.000000250. The molecule has 2 aliphatic rings. The van der Waals surface area contributed by atoms with E-state index in [4.69, 9.17) is 46.4 Å². The number of nitrogens with zero attached hydrogens (tertiary/aromatic N) is 2. The zero-order valence-electron chi connectivity index (χ0n) is 45.2. The average molecular weight is 1130 g/mol. The molecule has 12 nitrogen and oxygen atoms in total. The second-order valence-corrected chi connectivity index (χ2v) is 22.7. The number of amides is 4. The van der Waals surface area contributed by atoms with Gasteiger partial charge in [0.25, 0.3) is 11.8 Å². The van der Waals surface area contributed by atoms with Crippen molar-refractivity contribution in [3.05, 3.63) is 175 Å². The molecule has 0 bridgehead atoms. The van der Waals surface area contributed by atoms with E-state index in [9.17, 15) is 19.2 Å². The second kappa shape index (κ2) is 30.9. The zero-order valence-corrected chi connectivity index (χ0v) is 48.3. The van der Waals surface area contributed by atoms with Crippen LogP contribution in [0.1, 0.15) is 122 Å². The molecule has 0 aromatic heterocycles. The molecular formula is C61H78Cl4N8O4. The lowest BCUT2D eigenvalue weighted by atomic mass is 9.95. The minimum absolute atomic E-state index is 0.0265. The number of halogens is 4. The zero-order chi connectivity index (χ0) is 55.3. The highest BCUT2D eigenvalue weighted by atomic mass is 35.5. The number of nitrogens with one attached hydrogen (secondary N) is 6. The van der Waals surface area contributed by atoms with Gasteiger partial charge in [-0.3, -0.25) is 19.2 Å². The Labute approximate surface area is 477 Å². The maximum absolute atomic E-state index is 13.8. The van der Waals surface area contributed by atoms with E-state index in [0.29, 0.717) is 89.9 Å². The fraction of sp³-hybridized carbons (Fsp3) is 0.443. The molecule has 4 amide bonds. The quantitative estimate of drug-likeness (QED) is 0.0376. The van der Waals surface area contributed by atoms with Gasteiger partial charge in [0.1, 0.15) is 0 Å². The first-order chi connectivity index (χ1) is 37.0. The van der Waals surface area contributed by atoms with Crippen LogP contribution in [-0.4, -0.2) is 115 Å². The Hall–Kier alpha value is -5.02. The van der Waals surface area contributed by atoms with Crippen molar-refractivity contribution in [3.63, 3.8) is 0 Å². The van der Waals surface area contributed by atoms with E-state index in [1.807, 2.05) is 40.1 Å². The predicted octanol–water partition coefficient (Wildman–Crippen LogP) is 10.9. The van der Waals surface area contributed by atoms with Crippen LogP contribution in [0.25, 0.3) is 0 Å². The van der Waals surface area contributed by atoms with Crippen LogP contribution in [0.4, 0.5) is 0 Å². The third-order valence-electron chi connectivity index (χ3n) is 14.2. The fourth-order valence-electron chi connectivity index (χ4n) is 9.76. The van der Waals surface area contributed by atoms with Crippen molar-refractivity contribution in [3.8, 4) is 0 Å². The number of hydrogen-bond donors (Lipinski definition) is 6. The first-order valence-electron chi connectivity index (χ1n) is 27.2. The van der Waals surface area contributed by atoms with E-state index < -0.39 is 0 Å². The van der Waals surface area contributed by atoms with Crippen molar-refractivity contribution in [1.29, 1.82) is 0 Å². The molecule has 2 heterocycles. The molecule has 5 aromatic carbocycles. The summed E-state index contributed by atoms with van der Waals surface area (Å²) in [6.07, 6.45) is 4.73. The van der Waals surface area contributed by atoms with E-state index >= 15 is 0 Å². The summed E-state index contributed by atoms with van der Waals surface area (Å²) in [5.74, 6) is 0.368. The van der Waals surface area contributed by atoms with Crippen molar-refractivity contribution in [2.24, 2.45) is 0 Å². The third kappa shape index (κ3) is 19.7. The van der Waals surface area contributed by atoms with E-state index in [1.165, 1.54) is 16.7 Å². The van der Waals surface area contributed by atoms with Crippen LogP contribution in [0.3, 0.4) is 0 Å². The molecule has 6 atom stereocenters. The summed E-state index contributed by atoms with van der Waals surface area (Å²) in [5, 5.41) is 21.6. The second-order valence-electron chi connectivity index (χ2n) is 21.1. The van der Waals surface area contributed by atoms with E-state index in [-0.39, 0.29) is 65.2 Å². The van der Waals surface area contributed by atoms with E-state index in [1.54, 1.807) is 36.4 Å². The van der Waals surface area contributed by atoms with Gasteiger partial charge in [0.05, 0.1) is 32.2 Å². The number of rotatable bonds is 22. The molecule has 2 saturated heterocycles. The molecule has 7 rings (SSSR count). The van der Waals surface area contributed by atoms with Crippen LogP contribution < -0.4 is 31.9 Å². The lowest BCUT2D eigenvalue weighted by Gasteiger charge is -2.29. The maximum atomic E-state index is 13.8. The summed E-state index contributed by atoms with van der Waals surface area (Å²) < 4.78 is 0. The van der Waals surface area contributed by atoms with Gasteiger partial charge < -0.3 is 41.7 Å². The molecule has 414 valence electrons. The van der Waals surface area contributed by atoms with Crippen LogP contribution in [0.2, 0.25) is 20.1 Å². The molecule has 6 N–H and O–H groups in total. The normalized spacial score (nSPS) is 18.8. The van der Waals surface area contributed by atoms with Gasteiger partial charge in [0.2, 0.25) is 11.8 Å². The molecule has 2 fully saturated rings. The first kappa shape index (κ1) is 61.2. The SMILES string of the molecule is CCC(CN1CC[C@@H](CNC(=O)c2ccc(Cl)c(Cl)c2)N[C@@H](CCNC(C)(C)C)C1=O)c1ccccc1.CCC(CN1CC[C@@H](CNC(=O)c2ccc(Cl)c(Cl)c2)N[C@@H](CCNCc2ccccc2)C1=O)c1ccccc1. The highest BCUT2D eigenvalue weighted by molar-refractivity contribution is 6.42. The number of hydrogen-bond acceptors (Lipinski definition) is 8. The molecular weight excluding hydrogens is 1050 g/mol. The maximum Gasteiger partial charge on any atom is 0.251 e. The molecule has 0 radical (unpaired) electrons. The van der Waals surface area contributed by atoms with E-state index in [0.717, 1.165) is 38.8 Å². The Kier molecular flexibility index (Phi) is 24.6. The van der Waals surface area contributed by atoms with Crippen molar-refractivity contribution in [2.75, 3.05) is 52.4 Å². The van der Waals surface area contributed by atoms with Gasteiger partial charge in [-0.1, -0.05) is 151 Å². The van der Waals surface area contributed by atoms with E-state index in [2.05, 4.69) is 127 Å². The summed E-state index contributed by atoms with van der Waals surface area (Å²) in [7, 11) is 0. The van der Waals surface area contributed by atoms with Crippen molar-refractivity contribution in [2.45, 2.75) is 121 Å². The van der Waals surface area contributed by atoms with Gasteiger partial charge in [-0.15, -0.1) is 0 Å². The largest absolute Gasteiger partial charge is 0.350 e. The number of benzene rings is 5. The van der Waals surface area contributed by atoms with Crippen LogP contribution in [0.15, 0.2) is 127 Å². The van der Waals surface area contributed by atoms with Crippen LogP contribution >= 0.6 is 46.4 Å². The predicted molar refractivity (Wildman–Crippen MR) is 315 cm³/mol. The third-order valence-corrected chi connectivity index (χ3v) is 15.7. The molecule has 2 unspecified atom stereocenters. The van der Waals surface area contributed by atoms with Crippen LogP contribution in [-0.2, 0) is 16.1 Å². The minimum atomic E-state index is -0.342. The van der Waals surface area contributed by atoms with Crippen molar-refractivity contribution in [1.82, 2.24) is 41.7 Å². The summed E-state index contributed by atoms with van der Waals surface area (Å²) >= 11 is 24.2. The van der Waals surface area contributed by atoms with Crippen LogP contribution in [0, 0.1) is 0 Å². The van der Waals surface area contributed by atoms with Crippen LogP contribution in [0.5, 0.6) is 0 Å². The molecule has 0 saturated carbocycles. The number of carbonyl (C=O) groups excluding carboxylic acids is 4. The monoisotopic (exact) mass is 1130 g/mol. The Morgan fingerprint density at radius 3 is 1.40 bits per heavy atom. The molecule has 16 heteroatoms. The molecule has 2 aliphatic heterocycles. The standard InChI is InChI=1S/C32H38Cl2N4O2.C29H40Cl2N4O2/c1-2-24(25-11-7-4-8-12-25)22-38-18-16-27(21-36-31(39)26-13-14-28(33)29(34)19-26)37-30(32(38)40)15-17-35-20-23-9-5-3-6-10-23;1-5-20(21-9-7-6-8-10-21)19-35-16-14-23(34-26(28(35)37)13-15-33-29(2,3)4)18-32-27(36)22-11-12-24(30)25(31)17-22/h3-14,19,24,27,30,35,37H,2,15-18,20-22H2,1H3,(H,36,39);6-12,17,20,23,26,33-34H,5,13-16,18-19H2,1-4H3,(H,32,36)/t24?,27-,30-;20?,23-,26-/m00/s1. The molecule has 77 heavy (non-hydrogen) atoms. The lowest BCUT2D eigenvalue weighted by molar-refractivity contribution is -0.133. The Morgan fingerprint density at radius 2 is 1.00 bits per heavy atom. The topological polar surface area (TPSA) is 147 Å². The summed E-state index contributed by atoms with van der Waals surface area (Å²) in [6.45, 7) is 16.3. The van der Waals surface area contributed by atoms with Gasteiger partial charge in [-0.05, 0) is 125 Å². The Morgan fingerprint density at radius 1 is 0.584 bits per heavy atom. The summed E-state index contributed by atoms with van der Waals surface area (Å²) in [5.41, 5.74) is 4.60. The molecule has 5 aromatic rings. The molecule has 0 spiro atoms. The van der Waals surface area contributed by atoms with Gasteiger partial charge in [-0.25, -0.2) is 0 Å². The smallest absolute Gasteiger partial charge is 0.251 e. The van der Waals surface area contributed by atoms with Crippen molar-refractivity contribution < 1.29 is 19.2 Å². The average Bonchev–Trinajstić information content (AvgIpc) is 3.67. The lowest BCUT2D eigenvalue weighted by Crippen LogP contribution is -2.50. The first-order valence-corrected chi connectivity index (χ1v) is 28.7. The Bertz CT molecular complexity index is 2640.